The van der Waals surface area contributed by atoms with E-state index in [1.165, 1.54) is 116 Å². The molecule has 1 aromatic heterocycles. The number of rotatable bonds is 5. The van der Waals surface area contributed by atoms with Gasteiger partial charge in [-0.15, -0.1) is 11.3 Å². The van der Waals surface area contributed by atoms with Crippen LogP contribution in [-0.2, 0) is 37.9 Å². The maximum Gasteiger partial charge on any atom is 0.252 e. The Morgan fingerprint density at radius 3 is 1.38 bits per heavy atom. The first-order valence-electron chi connectivity index (χ1n) is 30.4. The Morgan fingerprint density at radius 1 is 0.395 bits per heavy atom. The minimum Gasteiger partial charge on any atom is -0.311 e. The van der Waals surface area contributed by atoms with E-state index in [-0.39, 0.29) is 44.6 Å². The number of para-hydroxylation sites is 2. The molecule has 2 aliphatic heterocycles. The molecule has 0 unspecified atom stereocenters. The third-order valence-electron chi connectivity index (χ3n) is 21.0. The van der Waals surface area contributed by atoms with E-state index in [4.69, 9.17) is 0 Å². The molecule has 0 fully saturated rings. The number of thiophene rings is 1. The molecule has 5 aliphatic rings. The van der Waals surface area contributed by atoms with Gasteiger partial charge in [0.2, 0.25) is 0 Å². The minimum atomic E-state index is -0.0403. The van der Waals surface area contributed by atoms with E-state index in [0.29, 0.717) is 0 Å². The molecule has 3 heterocycles. The zero-order valence-electron chi connectivity index (χ0n) is 51.0. The van der Waals surface area contributed by atoms with Crippen molar-refractivity contribution in [2.45, 2.75) is 180 Å². The summed E-state index contributed by atoms with van der Waals surface area (Å²) in [6.45, 7) is 37.0. The van der Waals surface area contributed by atoms with Crippen LogP contribution >= 0.6 is 11.3 Å². The summed E-state index contributed by atoms with van der Waals surface area (Å²) in [5.74, 6) is 0. The predicted molar refractivity (Wildman–Crippen MR) is 353 cm³/mol. The lowest BCUT2D eigenvalue weighted by molar-refractivity contribution is 0.332. The van der Waals surface area contributed by atoms with E-state index in [0.717, 1.165) is 49.2 Å². The van der Waals surface area contributed by atoms with Gasteiger partial charge in [0.05, 0.1) is 11.4 Å². The maximum atomic E-state index is 2.76. The highest BCUT2D eigenvalue weighted by atomic mass is 32.1. The van der Waals surface area contributed by atoms with Crippen LogP contribution in [0.4, 0.5) is 51.2 Å². The van der Waals surface area contributed by atoms with Crippen molar-refractivity contribution in [2.24, 2.45) is 0 Å². The molecule has 0 amide bonds. The average molecular weight is 1080 g/mol. The lowest BCUT2D eigenvalue weighted by Crippen LogP contribution is -2.62. The molecule has 5 heteroatoms. The molecule has 0 atom stereocenters. The number of anilines is 9. The van der Waals surface area contributed by atoms with Crippen molar-refractivity contribution in [3.8, 4) is 0 Å². The van der Waals surface area contributed by atoms with Crippen LogP contribution in [0.1, 0.15) is 181 Å². The van der Waals surface area contributed by atoms with Gasteiger partial charge in [0, 0.05) is 60.0 Å². The van der Waals surface area contributed by atoms with Crippen LogP contribution in [0.15, 0.2) is 152 Å². The van der Waals surface area contributed by atoms with Gasteiger partial charge in [-0.1, -0.05) is 177 Å². The molecular weight excluding hydrogens is 998 g/mol. The number of hydrogen-bond acceptors (Lipinski definition) is 4. The fourth-order valence-corrected chi connectivity index (χ4v) is 16.7. The van der Waals surface area contributed by atoms with Crippen molar-refractivity contribution in [1.29, 1.82) is 0 Å². The zero-order chi connectivity index (χ0) is 56.7. The third kappa shape index (κ3) is 8.00. The molecule has 0 saturated heterocycles. The highest BCUT2D eigenvalue weighted by Gasteiger charge is 2.50. The van der Waals surface area contributed by atoms with Crippen LogP contribution in [-0.4, -0.2) is 6.71 Å². The lowest BCUT2D eigenvalue weighted by Gasteiger charge is -2.49. The van der Waals surface area contributed by atoms with E-state index >= 15 is 0 Å². The van der Waals surface area contributed by atoms with Gasteiger partial charge in [-0.3, -0.25) is 0 Å². The monoisotopic (exact) mass is 1080 g/mol. The zero-order valence-corrected chi connectivity index (χ0v) is 51.8. The van der Waals surface area contributed by atoms with Gasteiger partial charge in [-0.05, 0) is 211 Å². The Balaban J connectivity index is 1.17. The first kappa shape index (κ1) is 52.5. The Hall–Kier alpha value is -6.56. The summed E-state index contributed by atoms with van der Waals surface area (Å²) in [5.41, 5.74) is 25.7. The summed E-state index contributed by atoms with van der Waals surface area (Å²) in [5, 5.41) is 2.65. The maximum absolute atomic E-state index is 2.76. The molecule has 3 nitrogen and oxygen atoms in total. The smallest absolute Gasteiger partial charge is 0.252 e. The number of nitrogens with zero attached hydrogens (tertiary/aromatic N) is 3. The Labute approximate surface area is 488 Å². The van der Waals surface area contributed by atoms with E-state index in [1.807, 2.05) is 11.3 Å². The normalized spacial score (nSPS) is 19.3. The van der Waals surface area contributed by atoms with Gasteiger partial charge in [0.1, 0.15) is 0 Å². The Bertz CT molecular complexity index is 4030. The number of fused-ring (bicyclic) bond motifs is 10. The topological polar surface area (TPSA) is 9.72 Å². The first-order chi connectivity index (χ1) is 38.2. The second-order valence-electron chi connectivity index (χ2n) is 30.2. The largest absolute Gasteiger partial charge is 0.311 e. The molecule has 0 saturated carbocycles. The predicted octanol–water partition coefficient (Wildman–Crippen LogP) is 20.0. The van der Waals surface area contributed by atoms with Crippen molar-refractivity contribution < 1.29 is 0 Å². The van der Waals surface area contributed by atoms with Gasteiger partial charge in [0.25, 0.3) is 6.71 Å². The third-order valence-corrected chi connectivity index (χ3v) is 22.1. The molecular formula is C76H82BN3S. The average Bonchev–Trinajstić information content (AvgIpc) is 2.14. The second kappa shape index (κ2) is 17.5. The summed E-state index contributed by atoms with van der Waals surface area (Å²) in [4.78, 5) is 8.03. The van der Waals surface area contributed by atoms with Crippen LogP contribution in [0.2, 0.25) is 0 Å². The van der Waals surface area contributed by atoms with Crippen LogP contribution in [0.3, 0.4) is 0 Å². The van der Waals surface area contributed by atoms with Gasteiger partial charge in [-0.2, -0.15) is 0 Å². The fraction of sp³-hybridized carbons (Fsp3) is 0.368. The Kier molecular flexibility index (Phi) is 11.3. The number of benzene rings is 8. The highest BCUT2D eigenvalue weighted by molar-refractivity contribution is 7.26. The second-order valence-corrected chi connectivity index (χ2v) is 31.3. The van der Waals surface area contributed by atoms with Gasteiger partial charge < -0.3 is 14.7 Å². The van der Waals surface area contributed by atoms with E-state index < -0.39 is 0 Å². The van der Waals surface area contributed by atoms with Crippen molar-refractivity contribution in [2.75, 3.05) is 14.7 Å². The SMILES string of the molecule is CC(C)(C)c1ccc2c(c1)sc1cccc(N3c4cc5c(cc4B4c6cc7c(cc6N(c6ccc8c(c6)C(C)(C)CCC8(C)C)c6cc(N(c8ccccc8)c8ccccc8)cc3c64)C(C)(C)CCC7(C)C)C(C)(C)CCC5(C)C)c12. The molecule has 81 heavy (non-hydrogen) atoms. The summed E-state index contributed by atoms with van der Waals surface area (Å²) in [6.07, 6.45) is 6.95. The molecule has 410 valence electrons. The molecule has 8 aromatic carbocycles. The summed E-state index contributed by atoms with van der Waals surface area (Å²) in [6, 6.07) is 60.3. The van der Waals surface area contributed by atoms with E-state index in [9.17, 15) is 0 Å². The molecule has 14 rings (SSSR count). The minimum absolute atomic E-state index is 0.00368. The molecule has 0 spiro atoms. The summed E-state index contributed by atoms with van der Waals surface area (Å²) < 4.78 is 2.66. The number of hydrogen-bond donors (Lipinski definition) is 0. The summed E-state index contributed by atoms with van der Waals surface area (Å²) >= 11 is 1.95. The highest BCUT2D eigenvalue weighted by Crippen LogP contribution is 2.57. The van der Waals surface area contributed by atoms with Gasteiger partial charge in [0.15, 0.2) is 0 Å². The van der Waals surface area contributed by atoms with Crippen LogP contribution in [0, 0.1) is 0 Å². The van der Waals surface area contributed by atoms with Crippen LogP contribution < -0.4 is 31.1 Å². The Morgan fingerprint density at radius 2 is 0.864 bits per heavy atom. The molecule has 3 aliphatic carbocycles. The molecule has 9 aromatic rings. The van der Waals surface area contributed by atoms with Crippen molar-refractivity contribution in [3.63, 3.8) is 0 Å². The molecule has 0 bridgehead atoms. The van der Waals surface area contributed by atoms with Gasteiger partial charge >= 0.3 is 0 Å². The van der Waals surface area contributed by atoms with E-state index in [1.54, 1.807) is 0 Å². The van der Waals surface area contributed by atoms with Crippen LogP contribution in [0.5, 0.6) is 0 Å². The first-order valence-corrected chi connectivity index (χ1v) is 31.2. The van der Waals surface area contributed by atoms with E-state index in [2.05, 4.69) is 270 Å². The molecule has 0 N–H and O–H groups in total. The van der Waals surface area contributed by atoms with Crippen molar-refractivity contribution in [1.82, 2.24) is 0 Å². The fourth-order valence-electron chi connectivity index (χ4n) is 15.5. The summed E-state index contributed by atoms with van der Waals surface area (Å²) in [7, 11) is 0. The van der Waals surface area contributed by atoms with Crippen molar-refractivity contribution in [3.05, 3.63) is 191 Å². The molecule has 0 radical (unpaired) electrons. The lowest BCUT2D eigenvalue weighted by atomic mass is 9.32. The van der Waals surface area contributed by atoms with Crippen LogP contribution in [0.25, 0.3) is 20.2 Å². The van der Waals surface area contributed by atoms with Crippen molar-refractivity contribution >= 4 is 106 Å². The van der Waals surface area contributed by atoms with Gasteiger partial charge in [-0.25, -0.2) is 0 Å². The quantitative estimate of drug-likeness (QED) is 0.159. The standard InChI is InChI=1S/C76H82BN3S/c1-70(2,3)47-29-31-52-67(39-47)81-66-28-22-27-61(68(52)66)80-63-46-58-56(74(10,11)36-38-76(58,14)15)44-60(63)77-59-43-55-57(75(12,13)37-35-73(55,8)9)45-62(59)79(50-30-32-53-54(40-50)72(6,7)34-33-71(53,4)5)64-41-51(42-65(80)69(64)77)78(48-23-18-16-19-24-48)49-25-20-17-21-26-49/h16-32,39-46H,33-38H2,1-15H3.